The van der Waals surface area contributed by atoms with Gasteiger partial charge in [-0.15, -0.1) is 0 Å². The summed E-state index contributed by atoms with van der Waals surface area (Å²) in [7, 11) is 0. The van der Waals surface area contributed by atoms with Gasteiger partial charge in [0.1, 0.15) is 5.75 Å². The summed E-state index contributed by atoms with van der Waals surface area (Å²) in [6, 6.07) is 17.0. The SMILES string of the molecule is CC(C)c1ccc(N2COc3ccccc3C2)cc1. The first kappa shape index (κ1) is 12.1. The molecule has 98 valence electrons. The molecule has 1 aliphatic rings. The van der Waals surface area contributed by atoms with Gasteiger partial charge in [-0.25, -0.2) is 0 Å². The maximum atomic E-state index is 5.79. The Labute approximate surface area is 114 Å². The van der Waals surface area contributed by atoms with E-state index in [-0.39, 0.29) is 0 Å². The van der Waals surface area contributed by atoms with E-state index >= 15 is 0 Å². The quantitative estimate of drug-likeness (QED) is 0.796. The average molecular weight is 253 g/mol. The van der Waals surface area contributed by atoms with E-state index in [1.54, 1.807) is 0 Å². The second-order valence-corrected chi connectivity index (χ2v) is 5.33. The smallest absolute Gasteiger partial charge is 0.161 e. The van der Waals surface area contributed by atoms with Crippen LogP contribution >= 0.6 is 0 Å². The number of fused-ring (bicyclic) bond motifs is 1. The summed E-state index contributed by atoms with van der Waals surface area (Å²) in [4.78, 5) is 2.26. The van der Waals surface area contributed by atoms with Gasteiger partial charge in [0.05, 0.1) is 0 Å². The van der Waals surface area contributed by atoms with Crippen LogP contribution in [0.3, 0.4) is 0 Å². The average Bonchev–Trinajstić information content (AvgIpc) is 2.47. The van der Waals surface area contributed by atoms with Gasteiger partial charge in [0, 0.05) is 17.8 Å². The van der Waals surface area contributed by atoms with E-state index < -0.39 is 0 Å². The van der Waals surface area contributed by atoms with E-state index in [0.717, 1.165) is 12.3 Å². The van der Waals surface area contributed by atoms with Gasteiger partial charge in [0.2, 0.25) is 0 Å². The van der Waals surface area contributed by atoms with Crippen LogP contribution in [0.15, 0.2) is 48.5 Å². The summed E-state index contributed by atoms with van der Waals surface area (Å²) < 4.78 is 5.79. The lowest BCUT2D eigenvalue weighted by atomic mass is 10.0. The molecule has 0 saturated heterocycles. The normalized spacial score (nSPS) is 14.2. The van der Waals surface area contributed by atoms with Crippen LogP contribution in [0.1, 0.15) is 30.9 Å². The van der Waals surface area contributed by atoms with Crippen LogP contribution in [0.5, 0.6) is 5.75 Å². The van der Waals surface area contributed by atoms with Crippen molar-refractivity contribution in [3.63, 3.8) is 0 Å². The summed E-state index contributed by atoms with van der Waals surface area (Å²) in [5, 5.41) is 0. The molecule has 0 radical (unpaired) electrons. The fraction of sp³-hybridized carbons (Fsp3) is 0.294. The van der Waals surface area contributed by atoms with E-state index in [0.29, 0.717) is 12.6 Å². The van der Waals surface area contributed by atoms with Crippen LogP contribution in [0, 0.1) is 0 Å². The molecule has 19 heavy (non-hydrogen) atoms. The van der Waals surface area contributed by atoms with Crippen molar-refractivity contribution in [3.05, 3.63) is 59.7 Å². The third kappa shape index (κ3) is 2.43. The zero-order chi connectivity index (χ0) is 13.2. The largest absolute Gasteiger partial charge is 0.473 e. The topological polar surface area (TPSA) is 12.5 Å². The van der Waals surface area contributed by atoms with Crippen molar-refractivity contribution in [2.75, 3.05) is 11.6 Å². The Morgan fingerprint density at radius 3 is 2.47 bits per heavy atom. The van der Waals surface area contributed by atoms with Crippen molar-refractivity contribution in [2.24, 2.45) is 0 Å². The molecule has 0 unspecified atom stereocenters. The maximum absolute atomic E-state index is 5.79. The molecule has 0 aliphatic carbocycles. The Morgan fingerprint density at radius 2 is 1.74 bits per heavy atom. The Bertz CT molecular complexity index is 560. The van der Waals surface area contributed by atoms with Gasteiger partial charge in [-0.2, -0.15) is 0 Å². The van der Waals surface area contributed by atoms with Crippen LogP contribution in [0.2, 0.25) is 0 Å². The van der Waals surface area contributed by atoms with Gasteiger partial charge < -0.3 is 9.64 Å². The third-order valence-corrected chi connectivity index (χ3v) is 3.63. The van der Waals surface area contributed by atoms with Crippen molar-refractivity contribution in [1.29, 1.82) is 0 Å². The standard InChI is InChI=1S/C17H19NO/c1-13(2)14-7-9-16(10-8-14)18-11-15-5-3-4-6-17(15)19-12-18/h3-10,13H,11-12H2,1-2H3. The zero-order valence-corrected chi connectivity index (χ0v) is 11.5. The molecule has 1 aliphatic heterocycles. The summed E-state index contributed by atoms with van der Waals surface area (Å²) in [6.45, 7) is 5.97. The summed E-state index contributed by atoms with van der Waals surface area (Å²) in [5.74, 6) is 1.59. The molecule has 0 atom stereocenters. The minimum Gasteiger partial charge on any atom is -0.473 e. The Hall–Kier alpha value is -1.96. The molecule has 2 aromatic carbocycles. The molecule has 3 rings (SSSR count). The molecule has 1 heterocycles. The first-order chi connectivity index (χ1) is 9.24. The molecule has 0 spiro atoms. The maximum Gasteiger partial charge on any atom is 0.161 e. The lowest BCUT2D eigenvalue weighted by molar-refractivity contribution is 0.289. The molecule has 2 heteroatoms. The molecular formula is C17H19NO. The Morgan fingerprint density at radius 1 is 1.00 bits per heavy atom. The van der Waals surface area contributed by atoms with Gasteiger partial charge in [-0.3, -0.25) is 0 Å². The molecule has 0 bridgehead atoms. The highest BCUT2D eigenvalue weighted by Crippen LogP contribution is 2.28. The number of benzene rings is 2. The first-order valence-electron chi connectivity index (χ1n) is 6.79. The second-order valence-electron chi connectivity index (χ2n) is 5.33. The zero-order valence-electron chi connectivity index (χ0n) is 11.5. The molecule has 0 aromatic heterocycles. The number of rotatable bonds is 2. The summed E-state index contributed by atoms with van der Waals surface area (Å²) >= 11 is 0. The van der Waals surface area contributed by atoms with E-state index in [1.807, 2.05) is 12.1 Å². The number of anilines is 1. The number of ether oxygens (including phenoxy) is 1. The highest BCUT2D eigenvalue weighted by Gasteiger charge is 2.16. The molecular weight excluding hydrogens is 234 g/mol. The van der Waals surface area contributed by atoms with Crippen LogP contribution < -0.4 is 9.64 Å². The Balaban J connectivity index is 1.81. The predicted molar refractivity (Wildman–Crippen MR) is 78.7 cm³/mol. The fourth-order valence-corrected chi connectivity index (χ4v) is 2.41. The van der Waals surface area contributed by atoms with Gasteiger partial charge in [-0.1, -0.05) is 44.2 Å². The van der Waals surface area contributed by atoms with Gasteiger partial charge >= 0.3 is 0 Å². The van der Waals surface area contributed by atoms with Crippen molar-refractivity contribution >= 4 is 5.69 Å². The van der Waals surface area contributed by atoms with Gasteiger partial charge in [0.15, 0.2) is 6.73 Å². The second kappa shape index (κ2) is 4.96. The number of nitrogens with zero attached hydrogens (tertiary/aromatic N) is 1. The highest BCUT2D eigenvalue weighted by atomic mass is 16.5. The van der Waals surface area contributed by atoms with Crippen molar-refractivity contribution in [2.45, 2.75) is 26.3 Å². The summed E-state index contributed by atoms with van der Waals surface area (Å²) in [5.41, 5.74) is 3.85. The molecule has 0 amide bonds. The number of para-hydroxylation sites is 1. The molecule has 2 aromatic rings. The Kier molecular flexibility index (Phi) is 3.16. The minimum absolute atomic E-state index is 0.576. The lowest BCUT2D eigenvalue weighted by Crippen LogP contribution is -2.31. The van der Waals surface area contributed by atoms with Crippen molar-refractivity contribution in [1.82, 2.24) is 0 Å². The van der Waals surface area contributed by atoms with E-state index in [1.165, 1.54) is 16.8 Å². The van der Waals surface area contributed by atoms with Crippen LogP contribution in [-0.4, -0.2) is 6.73 Å². The molecule has 2 nitrogen and oxygen atoms in total. The van der Waals surface area contributed by atoms with E-state index in [9.17, 15) is 0 Å². The lowest BCUT2D eigenvalue weighted by Gasteiger charge is -2.30. The van der Waals surface area contributed by atoms with Crippen LogP contribution in [0.4, 0.5) is 5.69 Å². The minimum atomic E-state index is 0.576. The fourth-order valence-electron chi connectivity index (χ4n) is 2.41. The first-order valence-corrected chi connectivity index (χ1v) is 6.79. The summed E-state index contributed by atoms with van der Waals surface area (Å²) in [6.07, 6.45) is 0. The van der Waals surface area contributed by atoms with Crippen molar-refractivity contribution in [3.8, 4) is 5.75 Å². The molecule has 0 fully saturated rings. The monoisotopic (exact) mass is 253 g/mol. The van der Waals surface area contributed by atoms with Gasteiger partial charge in [-0.05, 0) is 29.7 Å². The highest BCUT2D eigenvalue weighted by molar-refractivity contribution is 5.51. The van der Waals surface area contributed by atoms with E-state index in [4.69, 9.17) is 4.74 Å². The predicted octanol–water partition coefficient (Wildman–Crippen LogP) is 4.17. The third-order valence-electron chi connectivity index (χ3n) is 3.63. The van der Waals surface area contributed by atoms with E-state index in [2.05, 4.69) is 55.1 Å². The van der Waals surface area contributed by atoms with Crippen LogP contribution in [-0.2, 0) is 6.54 Å². The molecule has 0 saturated carbocycles. The van der Waals surface area contributed by atoms with Gasteiger partial charge in [0.25, 0.3) is 0 Å². The number of hydrogen-bond acceptors (Lipinski definition) is 2. The number of hydrogen-bond donors (Lipinski definition) is 0. The molecule has 0 N–H and O–H groups in total. The van der Waals surface area contributed by atoms with Crippen LogP contribution in [0.25, 0.3) is 0 Å². The van der Waals surface area contributed by atoms with Crippen molar-refractivity contribution < 1.29 is 4.74 Å².